The minimum atomic E-state index is -0.353. The quantitative estimate of drug-likeness (QED) is 0.657. The van der Waals surface area contributed by atoms with Crippen molar-refractivity contribution in [1.82, 2.24) is 15.1 Å². The van der Waals surface area contributed by atoms with E-state index in [1.807, 2.05) is 6.07 Å². The summed E-state index contributed by atoms with van der Waals surface area (Å²) < 4.78 is 7.25. The van der Waals surface area contributed by atoms with Gasteiger partial charge in [0.1, 0.15) is 0 Å². The Balaban J connectivity index is 1.63. The highest BCUT2D eigenvalue weighted by atomic mass is 16.5. The van der Waals surface area contributed by atoms with Crippen LogP contribution < -0.4 is 10.6 Å². The number of fused-ring (bicyclic) bond motifs is 4. The smallest absolute Gasteiger partial charge is 0.273 e. The van der Waals surface area contributed by atoms with Gasteiger partial charge in [0, 0.05) is 37.8 Å². The Morgan fingerprint density at radius 2 is 1.97 bits per heavy atom. The summed E-state index contributed by atoms with van der Waals surface area (Å²) in [6.07, 6.45) is 6.89. The molecule has 0 spiro atoms. The summed E-state index contributed by atoms with van der Waals surface area (Å²) in [7, 11) is 1.69. The fourth-order valence-corrected chi connectivity index (χ4v) is 3.68. The van der Waals surface area contributed by atoms with Gasteiger partial charge in [-0.05, 0) is 43.0 Å². The maximum absolute atomic E-state index is 12.9. The first-order valence-electron chi connectivity index (χ1n) is 10.6. The molecule has 2 aromatic rings. The Labute approximate surface area is 185 Å². The van der Waals surface area contributed by atoms with Crippen LogP contribution in [0.5, 0.6) is 0 Å². The van der Waals surface area contributed by atoms with Crippen molar-refractivity contribution in [3.63, 3.8) is 0 Å². The molecule has 3 heterocycles. The van der Waals surface area contributed by atoms with Crippen LogP contribution in [0.3, 0.4) is 0 Å². The maximum atomic E-state index is 12.9. The number of hydrogen-bond acceptors (Lipinski definition) is 6. The van der Waals surface area contributed by atoms with Crippen molar-refractivity contribution in [3.8, 4) is 0 Å². The molecular weight excluding hydrogens is 410 g/mol. The van der Waals surface area contributed by atoms with Gasteiger partial charge in [-0.3, -0.25) is 19.1 Å². The minimum absolute atomic E-state index is 0.0102. The molecule has 1 aromatic heterocycles. The molecule has 0 saturated carbocycles. The number of ketones is 1. The summed E-state index contributed by atoms with van der Waals surface area (Å²) in [5, 5.41) is 9.81. The SMILES string of the molecule is Cn1cc2c(n1)C(=O)NCCCCOC1=N[C@H](CC(=O)C=C1)Cc1cccc(c1)C(=O)N2. The molecule has 32 heavy (non-hydrogen) atoms. The van der Waals surface area contributed by atoms with Gasteiger partial charge in [0.25, 0.3) is 11.8 Å². The number of nitrogens with one attached hydrogen (secondary N) is 2. The van der Waals surface area contributed by atoms with E-state index >= 15 is 0 Å². The Hall–Kier alpha value is -3.75. The van der Waals surface area contributed by atoms with Gasteiger partial charge in [-0.1, -0.05) is 12.1 Å². The van der Waals surface area contributed by atoms with E-state index in [0.29, 0.717) is 49.6 Å². The number of ether oxygens (including phenoxy) is 1. The number of amides is 2. The molecule has 2 N–H and O–H groups in total. The molecule has 2 aliphatic heterocycles. The molecular formula is C23H25N5O4. The molecule has 9 heteroatoms. The largest absolute Gasteiger partial charge is 0.478 e. The second-order valence-corrected chi connectivity index (χ2v) is 7.86. The van der Waals surface area contributed by atoms with Crippen LogP contribution in [-0.2, 0) is 23.0 Å². The highest BCUT2D eigenvalue weighted by Gasteiger charge is 2.20. The standard InChI is InChI=1S/C23H25N5O4/c1-28-14-19-21(27-28)23(31)24-9-2-3-10-32-20-8-7-18(29)13-17(25-20)12-15-5-4-6-16(11-15)22(30)26-19/h4-8,11,14,17H,2-3,9-10,12-13H2,1H3,(H,24,31)(H,26,30)/t17-/m0/s1. The predicted octanol–water partition coefficient (Wildman–Crippen LogP) is 2.05. The van der Waals surface area contributed by atoms with Gasteiger partial charge in [-0.15, -0.1) is 0 Å². The normalized spacial score (nSPS) is 20.0. The first kappa shape index (κ1) is 21.5. The molecule has 4 bridgehead atoms. The van der Waals surface area contributed by atoms with E-state index in [0.717, 1.165) is 5.56 Å². The van der Waals surface area contributed by atoms with Gasteiger partial charge in [0.15, 0.2) is 11.5 Å². The van der Waals surface area contributed by atoms with Crippen LogP contribution >= 0.6 is 0 Å². The number of benzene rings is 1. The highest BCUT2D eigenvalue weighted by molar-refractivity contribution is 6.08. The van der Waals surface area contributed by atoms with E-state index in [-0.39, 0.29) is 35.8 Å². The molecule has 0 fully saturated rings. The van der Waals surface area contributed by atoms with Gasteiger partial charge in [0.05, 0.1) is 18.3 Å². The Kier molecular flexibility index (Phi) is 6.44. The molecule has 2 aliphatic rings. The van der Waals surface area contributed by atoms with Gasteiger partial charge in [-0.2, -0.15) is 5.10 Å². The summed E-state index contributed by atoms with van der Waals surface area (Å²) >= 11 is 0. The zero-order valence-electron chi connectivity index (χ0n) is 17.8. The highest BCUT2D eigenvalue weighted by Crippen LogP contribution is 2.18. The lowest BCUT2D eigenvalue weighted by Crippen LogP contribution is -2.26. The number of allylic oxidation sites excluding steroid dienone is 1. The van der Waals surface area contributed by atoms with Crippen LogP contribution in [0, 0.1) is 0 Å². The van der Waals surface area contributed by atoms with E-state index in [1.165, 1.54) is 10.8 Å². The number of aliphatic imine (C=N–C) groups is 1. The van der Waals surface area contributed by atoms with E-state index in [9.17, 15) is 14.4 Å². The molecule has 0 aliphatic carbocycles. The number of carbonyl (C=O) groups excluding carboxylic acids is 3. The Bertz CT molecular complexity index is 1100. The molecule has 1 aromatic carbocycles. The van der Waals surface area contributed by atoms with Crippen LogP contribution in [0.2, 0.25) is 0 Å². The van der Waals surface area contributed by atoms with Crippen LogP contribution in [0.1, 0.15) is 45.7 Å². The average molecular weight is 435 g/mol. The second kappa shape index (κ2) is 9.59. The summed E-state index contributed by atoms with van der Waals surface area (Å²) in [4.78, 5) is 42.2. The number of anilines is 1. The third kappa shape index (κ3) is 5.29. The topological polar surface area (TPSA) is 115 Å². The zero-order chi connectivity index (χ0) is 22.5. The zero-order valence-corrected chi connectivity index (χ0v) is 17.8. The first-order chi connectivity index (χ1) is 15.5. The van der Waals surface area contributed by atoms with Crippen molar-refractivity contribution in [2.75, 3.05) is 18.5 Å². The Morgan fingerprint density at radius 3 is 2.84 bits per heavy atom. The lowest BCUT2D eigenvalue weighted by Gasteiger charge is -2.13. The number of aromatic nitrogens is 2. The third-order valence-electron chi connectivity index (χ3n) is 5.22. The van der Waals surface area contributed by atoms with Gasteiger partial charge < -0.3 is 15.4 Å². The van der Waals surface area contributed by atoms with Crippen molar-refractivity contribution < 1.29 is 19.1 Å². The van der Waals surface area contributed by atoms with Crippen LogP contribution in [0.25, 0.3) is 0 Å². The third-order valence-corrected chi connectivity index (χ3v) is 5.22. The van der Waals surface area contributed by atoms with Crippen molar-refractivity contribution >= 4 is 29.2 Å². The van der Waals surface area contributed by atoms with Crippen LogP contribution in [0.4, 0.5) is 5.69 Å². The summed E-state index contributed by atoms with van der Waals surface area (Å²) in [5.41, 5.74) is 1.83. The molecule has 2 amide bonds. The molecule has 166 valence electrons. The van der Waals surface area contributed by atoms with E-state index in [2.05, 4.69) is 20.7 Å². The monoisotopic (exact) mass is 435 g/mol. The molecule has 0 unspecified atom stereocenters. The number of nitrogens with zero attached hydrogens (tertiary/aromatic N) is 3. The predicted molar refractivity (Wildman–Crippen MR) is 119 cm³/mol. The fraction of sp³-hybridized carbons (Fsp3) is 0.348. The number of carbonyl (C=O) groups is 3. The molecule has 0 radical (unpaired) electrons. The lowest BCUT2D eigenvalue weighted by atomic mass is 10.00. The van der Waals surface area contributed by atoms with Crippen molar-refractivity contribution in [3.05, 3.63) is 59.4 Å². The van der Waals surface area contributed by atoms with Gasteiger partial charge in [0.2, 0.25) is 5.90 Å². The molecule has 0 saturated heterocycles. The van der Waals surface area contributed by atoms with Crippen molar-refractivity contribution in [2.24, 2.45) is 12.0 Å². The maximum Gasteiger partial charge on any atom is 0.273 e. The fourth-order valence-electron chi connectivity index (χ4n) is 3.68. The van der Waals surface area contributed by atoms with E-state index in [4.69, 9.17) is 4.74 Å². The van der Waals surface area contributed by atoms with Crippen LogP contribution in [0.15, 0.2) is 47.6 Å². The van der Waals surface area contributed by atoms with E-state index < -0.39 is 0 Å². The lowest BCUT2D eigenvalue weighted by molar-refractivity contribution is -0.114. The summed E-state index contributed by atoms with van der Waals surface area (Å²) in [5.74, 6) is -0.280. The minimum Gasteiger partial charge on any atom is -0.478 e. The number of aryl methyl sites for hydroxylation is 1. The first-order valence-corrected chi connectivity index (χ1v) is 10.6. The molecule has 4 rings (SSSR count). The van der Waals surface area contributed by atoms with Crippen molar-refractivity contribution in [1.29, 1.82) is 0 Å². The second-order valence-electron chi connectivity index (χ2n) is 7.86. The number of rotatable bonds is 0. The molecule has 1 atom stereocenters. The number of hydrogen-bond donors (Lipinski definition) is 2. The van der Waals surface area contributed by atoms with E-state index in [1.54, 1.807) is 37.5 Å². The Morgan fingerprint density at radius 1 is 1.09 bits per heavy atom. The summed E-state index contributed by atoms with van der Waals surface area (Å²) in [6, 6.07) is 6.89. The average Bonchev–Trinajstić information content (AvgIpc) is 3.03. The van der Waals surface area contributed by atoms with Crippen LogP contribution in [-0.4, -0.2) is 52.5 Å². The van der Waals surface area contributed by atoms with Gasteiger partial charge in [-0.25, -0.2) is 4.99 Å². The van der Waals surface area contributed by atoms with Crippen molar-refractivity contribution in [2.45, 2.75) is 31.7 Å². The van der Waals surface area contributed by atoms with Gasteiger partial charge >= 0.3 is 0 Å². The molecule has 9 nitrogen and oxygen atoms in total. The summed E-state index contributed by atoms with van der Waals surface area (Å²) in [6.45, 7) is 0.873.